The van der Waals surface area contributed by atoms with E-state index in [1.807, 2.05) is 0 Å². The molecule has 0 aliphatic heterocycles. The fourth-order valence-electron chi connectivity index (χ4n) is 2.15. The van der Waals surface area contributed by atoms with Crippen molar-refractivity contribution in [1.82, 2.24) is 10.3 Å². The van der Waals surface area contributed by atoms with Gasteiger partial charge >= 0.3 is 12.1 Å². The first-order chi connectivity index (χ1) is 12.8. The van der Waals surface area contributed by atoms with Gasteiger partial charge in [-0.2, -0.15) is 0 Å². The van der Waals surface area contributed by atoms with Crippen LogP contribution >= 0.6 is 34.5 Å². The number of nitrogens with one attached hydrogen (secondary N) is 2. The number of rotatable bonds is 7. The van der Waals surface area contributed by atoms with Gasteiger partial charge in [0.15, 0.2) is 5.13 Å². The quantitative estimate of drug-likeness (QED) is 0.617. The van der Waals surface area contributed by atoms with E-state index in [0.717, 1.165) is 11.3 Å². The standard InChI is InChI=1S/C16H15Cl2N3O5S/c1-26-16(25)21-15-19-9(7-27-15)5-13(22)20-12(6-14(23)24)8-2-3-10(17)11(18)4-8/h2-4,7,12H,5-6H2,1H3,(H,20,22)(H,23,24)(H,19,21,25). The maximum Gasteiger partial charge on any atom is 0.413 e. The topological polar surface area (TPSA) is 118 Å². The van der Waals surface area contributed by atoms with Crippen molar-refractivity contribution in [1.29, 1.82) is 0 Å². The first-order valence-electron chi connectivity index (χ1n) is 7.54. The van der Waals surface area contributed by atoms with Crippen LogP contribution in [0.5, 0.6) is 0 Å². The van der Waals surface area contributed by atoms with Crippen LogP contribution in [-0.2, 0) is 20.7 Å². The van der Waals surface area contributed by atoms with Crippen LogP contribution < -0.4 is 10.6 Å². The molecule has 0 saturated heterocycles. The van der Waals surface area contributed by atoms with E-state index in [4.69, 9.17) is 28.3 Å². The third-order valence-electron chi connectivity index (χ3n) is 3.35. The average Bonchev–Trinajstić information content (AvgIpc) is 3.02. The van der Waals surface area contributed by atoms with Gasteiger partial charge in [-0.15, -0.1) is 11.3 Å². The van der Waals surface area contributed by atoms with Crippen LogP contribution in [0, 0.1) is 0 Å². The number of hydrogen-bond acceptors (Lipinski definition) is 6. The predicted molar refractivity (Wildman–Crippen MR) is 101 cm³/mol. The lowest BCUT2D eigenvalue weighted by Gasteiger charge is -2.18. The van der Waals surface area contributed by atoms with E-state index in [2.05, 4.69) is 20.4 Å². The molecule has 2 amide bonds. The van der Waals surface area contributed by atoms with Gasteiger partial charge in [0, 0.05) is 5.38 Å². The molecule has 0 aliphatic rings. The number of nitrogens with zero attached hydrogens (tertiary/aromatic N) is 1. The Bertz CT molecular complexity index is 858. The van der Waals surface area contributed by atoms with E-state index in [1.54, 1.807) is 11.4 Å². The Kier molecular flexibility index (Phi) is 7.40. The fourth-order valence-corrected chi connectivity index (χ4v) is 3.15. The summed E-state index contributed by atoms with van der Waals surface area (Å²) < 4.78 is 4.46. The van der Waals surface area contributed by atoms with Crippen molar-refractivity contribution in [2.45, 2.75) is 18.9 Å². The molecule has 1 aromatic carbocycles. The minimum Gasteiger partial charge on any atom is -0.481 e. The van der Waals surface area contributed by atoms with Gasteiger partial charge in [0.25, 0.3) is 0 Å². The summed E-state index contributed by atoms with van der Waals surface area (Å²) in [5.41, 5.74) is 0.943. The fraction of sp³-hybridized carbons (Fsp3) is 0.250. The van der Waals surface area contributed by atoms with Crippen molar-refractivity contribution in [3.8, 4) is 0 Å². The average molecular weight is 432 g/mol. The van der Waals surface area contributed by atoms with Crippen molar-refractivity contribution in [2.24, 2.45) is 0 Å². The highest BCUT2D eigenvalue weighted by Gasteiger charge is 2.20. The van der Waals surface area contributed by atoms with Crippen LogP contribution in [-0.4, -0.2) is 35.2 Å². The minimum absolute atomic E-state index is 0.0865. The number of aliphatic carboxylic acids is 1. The molecule has 2 rings (SSSR count). The highest BCUT2D eigenvalue weighted by molar-refractivity contribution is 7.13. The number of carbonyl (C=O) groups excluding carboxylic acids is 2. The zero-order valence-corrected chi connectivity index (χ0v) is 16.3. The predicted octanol–water partition coefficient (Wildman–Crippen LogP) is 3.50. The summed E-state index contributed by atoms with van der Waals surface area (Å²) in [5.74, 6) is -1.51. The number of amides is 2. The maximum atomic E-state index is 12.3. The van der Waals surface area contributed by atoms with Crippen LogP contribution in [0.2, 0.25) is 10.0 Å². The number of thiazole rings is 1. The van der Waals surface area contributed by atoms with E-state index in [-0.39, 0.29) is 23.0 Å². The summed E-state index contributed by atoms with van der Waals surface area (Å²) in [6, 6.07) is 3.87. The molecule has 144 valence electrons. The van der Waals surface area contributed by atoms with Gasteiger partial charge in [-0.3, -0.25) is 14.9 Å². The van der Waals surface area contributed by atoms with Crippen molar-refractivity contribution in [3.63, 3.8) is 0 Å². The molecule has 8 nitrogen and oxygen atoms in total. The molecule has 0 fully saturated rings. The molecule has 0 saturated carbocycles. The van der Waals surface area contributed by atoms with Crippen LogP contribution in [0.1, 0.15) is 23.7 Å². The molecular weight excluding hydrogens is 417 g/mol. The Morgan fingerprint density at radius 2 is 2.04 bits per heavy atom. The zero-order chi connectivity index (χ0) is 20.0. The Balaban J connectivity index is 2.06. The number of hydrogen-bond donors (Lipinski definition) is 3. The highest BCUT2D eigenvalue weighted by atomic mass is 35.5. The molecular formula is C16H15Cl2N3O5S. The molecule has 27 heavy (non-hydrogen) atoms. The molecule has 1 aromatic heterocycles. The van der Waals surface area contributed by atoms with Gasteiger partial charge in [-0.1, -0.05) is 29.3 Å². The van der Waals surface area contributed by atoms with Gasteiger partial charge in [0.2, 0.25) is 5.91 Å². The second-order valence-electron chi connectivity index (χ2n) is 5.33. The van der Waals surface area contributed by atoms with Crippen molar-refractivity contribution in [2.75, 3.05) is 12.4 Å². The van der Waals surface area contributed by atoms with Crippen LogP contribution in [0.3, 0.4) is 0 Å². The Labute approximate surface area is 168 Å². The van der Waals surface area contributed by atoms with Crippen LogP contribution in [0.4, 0.5) is 9.93 Å². The van der Waals surface area contributed by atoms with Gasteiger partial charge < -0.3 is 15.2 Å². The highest BCUT2D eigenvalue weighted by Crippen LogP contribution is 2.27. The molecule has 3 N–H and O–H groups in total. The number of ether oxygens (including phenoxy) is 1. The molecule has 0 bridgehead atoms. The van der Waals surface area contributed by atoms with E-state index < -0.39 is 24.0 Å². The lowest BCUT2D eigenvalue weighted by molar-refractivity contribution is -0.137. The maximum absolute atomic E-state index is 12.3. The molecule has 2 aromatic rings. The molecule has 11 heteroatoms. The summed E-state index contributed by atoms with van der Waals surface area (Å²) in [6.45, 7) is 0. The summed E-state index contributed by atoms with van der Waals surface area (Å²) in [7, 11) is 1.23. The van der Waals surface area contributed by atoms with Crippen LogP contribution in [0.15, 0.2) is 23.6 Å². The normalized spacial score (nSPS) is 11.5. The number of carboxylic acid groups (broad SMARTS) is 1. The van der Waals surface area contributed by atoms with Crippen molar-refractivity contribution in [3.05, 3.63) is 44.9 Å². The van der Waals surface area contributed by atoms with E-state index >= 15 is 0 Å². The summed E-state index contributed by atoms with van der Waals surface area (Å²) >= 11 is 13.0. The third kappa shape index (κ3) is 6.38. The molecule has 1 atom stereocenters. The van der Waals surface area contributed by atoms with Crippen molar-refractivity contribution < 1.29 is 24.2 Å². The number of benzene rings is 1. The monoisotopic (exact) mass is 431 g/mol. The van der Waals surface area contributed by atoms with Gasteiger partial charge in [-0.05, 0) is 17.7 Å². The smallest absolute Gasteiger partial charge is 0.413 e. The SMILES string of the molecule is COC(=O)Nc1nc(CC(=O)NC(CC(=O)O)c2ccc(Cl)c(Cl)c2)cs1. The Morgan fingerprint density at radius 3 is 2.67 bits per heavy atom. The van der Waals surface area contributed by atoms with Gasteiger partial charge in [0.1, 0.15) is 0 Å². The van der Waals surface area contributed by atoms with Gasteiger partial charge in [0.05, 0.1) is 41.7 Å². The number of methoxy groups -OCH3 is 1. The van der Waals surface area contributed by atoms with Crippen molar-refractivity contribution >= 4 is 57.6 Å². The summed E-state index contributed by atoms with van der Waals surface area (Å²) in [6.07, 6.45) is -1.08. The number of halogens is 2. The molecule has 1 heterocycles. The Hall–Kier alpha value is -2.36. The number of carbonyl (C=O) groups is 3. The summed E-state index contributed by atoms with van der Waals surface area (Å²) in [4.78, 5) is 38.7. The first-order valence-corrected chi connectivity index (χ1v) is 9.17. The lowest BCUT2D eigenvalue weighted by Crippen LogP contribution is -2.31. The largest absolute Gasteiger partial charge is 0.481 e. The molecule has 0 radical (unpaired) electrons. The second-order valence-corrected chi connectivity index (χ2v) is 7.00. The van der Waals surface area contributed by atoms with Crippen LogP contribution in [0.25, 0.3) is 0 Å². The van der Waals surface area contributed by atoms with E-state index in [1.165, 1.54) is 19.2 Å². The molecule has 1 unspecified atom stereocenters. The first kappa shape index (κ1) is 20.9. The van der Waals surface area contributed by atoms with E-state index in [0.29, 0.717) is 16.3 Å². The van der Waals surface area contributed by atoms with E-state index in [9.17, 15) is 14.4 Å². The minimum atomic E-state index is -1.08. The number of aromatic nitrogens is 1. The summed E-state index contributed by atoms with van der Waals surface area (Å²) in [5, 5.41) is 16.6. The number of anilines is 1. The molecule has 0 spiro atoms. The lowest BCUT2D eigenvalue weighted by atomic mass is 10.0. The number of carboxylic acids is 1. The second kappa shape index (κ2) is 9.54. The Morgan fingerprint density at radius 1 is 1.30 bits per heavy atom. The zero-order valence-electron chi connectivity index (χ0n) is 14.0. The third-order valence-corrected chi connectivity index (χ3v) is 4.89. The van der Waals surface area contributed by atoms with Gasteiger partial charge in [-0.25, -0.2) is 9.78 Å². The molecule has 0 aliphatic carbocycles.